The molecule has 0 bridgehead atoms. The van der Waals surface area contributed by atoms with Gasteiger partial charge in [-0.15, -0.1) is 0 Å². The standard InChI is InChI=1S/C11H14N2O4S2/c12-7-9-1-3-11(4-2-9)19(16,17)13-10-5-6-18(14,15)8-10/h1-6,10,13H,7-8,12H2. The van der Waals surface area contributed by atoms with Gasteiger partial charge in [-0.05, 0) is 17.7 Å². The fraction of sp³-hybridized carbons (Fsp3) is 0.273. The number of benzene rings is 1. The van der Waals surface area contributed by atoms with Gasteiger partial charge < -0.3 is 5.73 Å². The minimum atomic E-state index is -3.73. The minimum absolute atomic E-state index is 0.0856. The van der Waals surface area contributed by atoms with Gasteiger partial charge in [-0.2, -0.15) is 0 Å². The summed E-state index contributed by atoms with van der Waals surface area (Å²) in [6.45, 7) is 0.331. The molecule has 6 nitrogen and oxygen atoms in total. The van der Waals surface area contributed by atoms with Crippen LogP contribution in [0.4, 0.5) is 0 Å². The van der Waals surface area contributed by atoms with Crippen LogP contribution in [-0.4, -0.2) is 28.6 Å². The van der Waals surface area contributed by atoms with E-state index in [-0.39, 0.29) is 10.6 Å². The van der Waals surface area contributed by atoms with Gasteiger partial charge in [-0.1, -0.05) is 18.2 Å². The van der Waals surface area contributed by atoms with Gasteiger partial charge in [-0.25, -0.2) is 21.6 Å². The molecule has 104 valence electrons. The lowest BCUT2D eigenvalue weighted by Crippen LogP contribution is -2.35. The monoisotopic (exact) mass is 302 g/mol. The number of nitrogens with one attached hydrogen (secondary N) is 1. The highest BCUT2D eigenvalue weighted by molar-refractivity contribution is 7.94. The second-order valence-electron chi connectivity index (χ2n) is 4.23. The zero-order valence-corrected chi connectivity index (χ0v) is 11.6. The molecule has 3 N–H and O–H groups in total. The van der Waals surface area contributed by atoms with E-state index >= 15 is 0 Å². The molecular weight excluding hydrogens is 288 g/mol. The Bertz CT molecular complexity index is 691. The van der Waals surface area contributed by atoms with Crippen LogP contribution in [0.1, 0.15) is 5.56 Å². The zero-order chi connectivity index (χ0) is 14.1. The van der Waals surface area contributed by atoms with E-state index in [9.17, 15) is 16.8 Å². The molecule has 0 saturated heterocycles. The Labute approximate surface area is 112 Å². The Morgan fingerprint density at radius 3 is 2.37 bits per heavy atom. The number of hydrogen-bond acceptors (Lipinski definition) is 5. The van der Waals surface area contributed by atoms with E-state index in [1.54, 1.807) is 12.1 Å². The molecule has 1 aromatic carbocycles. The second kappa shape index (κ2) is 5.04. The second-order valence-corrected chi connectivity index (χ2v) is 7.88. The Kier molecular flexibility index (Phi) is 3.77. The maximum Gasteiger partial charge on any atom is 0.241 e. The Morgan fingerprint density at radius 1 is 1.26 bits per heavy atom. The van der Waals surface area contributed by atoms with Crippen LogP contribution in [0.2, 0.25) is 0 Å². The van der Waals surface area contributed by atoms with Crippen LogP contribution in [0.25, 0.3) is 0 Å². The lowest BCUT2D eigenvalue weighted by Gasteiger charge is -2.11. The molecule has 1 aliphatic rings. The average Bonchev–Trinajstić information content (AvgIpc) is 2.68. The first kappa shape index (κ1) is 14.2. The van der Waals surface area contributed by atoms with E-state index in [1.165, 1.54) is 18.2 Å². The summed E-state index contributed by atoms with van der Waals surface area (Å²) in [7, 11) is -7.01. The molecule has 0 fully saturated rings. The van der Waals surface area contributed by atoms with E-state index in [0.717, 1.165) is 11.0 Å². The van der Waals surface area contributed by atoms with E-state index in [2.05, 4.69) is 4.72 Å². The van der Waals surface area contributed by atoms with Gasteiger partial charge in [0.2, 0.25) is 10.0 Å². The van der Waals surface area contributed by atoms with Gasteiger partial charge in [0, 0.05) is 12.0 Å². The summed E-state index contributed by atoms with van der Waals surface area (Å²) in [6.07, 6.45) is 1.33. The predicted molar refractivity (Wildman–Crippen MR) is 71.4 cm³/mol. The summed E-state index contributed by atoms with van der Waals surface area (Å²) in [4.78, 5) is 0.0856. The summed E-state index contributed by atoms with van der Waals surface area (Å²) in [6, 6.07) is 5.41. The molecule has 1 atom stereocenters. The van der Waals surface area contributed by atoms with E-state index in [1.807, 2.05) is 0 Å². The highest BCUT2D eigenvalue weighted by atomic mass is 32.2. The molecule has 0 radical (unpaired) electrons. The van der Waals surface area contributed by atoms with Crippen LogP contribution in [0.15, 0.2) is 40.6 Å². The number of sulfonamides is 1. The summed E-state index contributed by atoms with van der Waals surface area (Å²) < 4.78 is 48.8. The van der Waals surface area contributed by atoms with E-state index < -0.39 is 25.9 Å². The molecule has 0 spiro atoms. The van der Waals surface area contributed by atoms with Crippen LogP contribution in [-0.2, 0) is 26.4 Å². The van der Waals surface area contributed by atoms with Crippen LogP contribution < -0.4 is 10.5 Å². The molecule has 1 unspecified atom stereocenters. The third kappa shape index (κ3) is 3.41. The maximum atomic E-state index is 12.0. The molecule has 1 aliphatic heterocycles. The SMILES string of the molecule is NCc1ccc(S(=O)(=O)NC2C=CS(=O)(=O)C2)cc1. The Morgan fingerprint density at radius 2 is 1.89 bits per heavy atom. The minimum Gasteiger partial charge on any atom is -0.326 e. The van der Waals surface area contributed by atoms with Gasteiger partial charge in [0.15, 0.2) is 9.84 Å². The van der Waals surface area contributed by atoms with Crippen molar-refractivity contribution in [2.45, 2.75) is 17.5 Å². The van der Waals surface area contributed by atoms with Crippen LogP contribution in [0, 0.1) is 0 Å². The lowest BCUT2D eigenvalue weighted by molar-refractivity contribution is 0.575. The van der Waals surface area contributed by atoms with Crippen molar-refractivity contribution >= 4 is 19.9 Å². The lowest BCUT2D eigenvalue weighted by atomic mass is 10.2. The van der Waals surface area contributed by atoms with Crippen molar-refractivity contribution in [1.82, 2.24) is 4.72 Å². The quantitative estimate of drug-likeness (QED) is 0.796. The largest absolute Gasteiger partial charge is 0.326 e. The molecular formula is C11H14N2O4S2. The first-order valence-electron chi connectivity index (χ1n) is 5.55. The smallest absolute Gasteiger partial charge is 0.241 e. The maximum absolute atomic E-state index is 12.0. The summed E-state index contributed by atoms with van der Waals surface area (Å²) in [5, 5.41) is 1.03. The third-order valence-electron chi connectivity index (χ3n) is 2.71. The van der Waals surface area contributed by atoms with Crippen molar-refractivity contribution in [2.75, 3.05) is 5.75 Å². The molecule has 8 heteroatoms. The van der Waals surface area contributed by atoms with Gasteiger partial charge in [0.05, 0.1) is 16.7 Å². The number of rotatable bonds is 4. The molecule has 0 aromatic heterocycles. The molecule has 0 amide bonds. The van der Waals surface area contributed by atoms with Crippen molar-refractivity contribution < 1.29 is 16.8 Å². The van der Waals surface area contributed by atoms with Crippen molar-refractivity contribution in [3.63, 3.8) is 0 Å². The van der Waals surface area contributed by atoms with Gasteiger partial charge in [0.25, 0.3) is 0 Å². The molecule has 2 rings (SSSR count). The van der Waals surface area contributed by atoms with Crippen LogP contribution in [0.3, 0.4) is 0 Å². The molecule has 1 heterocycles. The van der Waals surface area contributed by atoms with Gasteiger partial charge >= 0.3 is 0 Å². The highest BCUT2D eigenvalue weighted by Gasteiger charge is 2.26. The molecule has 0 aliphatic carbocycles. The van der Waals surface area contributed by atoms with Crippen LogP contribution >= 0.6 is 0 Å². The number of hydrogen-bond donors (Lipinski definition) is 2. The first-order chi connectivity index (χ1) is 8.82. The Balaban J connectivity index is 2.17. The van der Waals surface area contributed by atoms with Crippen molar-refractivity contribution in [1.29, 1.82) is 0 Å². The van der Waals surface area contributed by atoms with Gasteiger partial charge in [-0.3, -0.25) is 0 Å². The highest BCUT2D eigenvalue weighted by Crippen LogP contribution is 2.14. The summed E-state index contributed by atoms with van der Waals surface area (Å²) in [5.74, 6) is -0.243. The third-order valence-corrected chi connectivity index (χ3v) is 5.61. The van der Waals surface area contributed by atoms with Crippen molar-refractivity contribution in [3.8, 4) is 0 Å². The van der Waals surface area contributed by atoms with Crippen molar-refractivity contribution in [3.05, 3.63) is 41.3 Å². The molecule has 0 saturated carbocycles. The van der Waals surface area contributed by atoms with Crippen molar-refractivity contribution in [2.24, 2.45) is 5.73 Å². The van der Waals surface area contributed by atoms with Crippen LogP contribution in [0.5, 0.6) is 0 Å². The fourth-order valence-corrected chi connectivity index (χ4v) is 4.25. The first-order valence-corrected chi connectivity index (χ1v) is 8.74. The summed E-state index contributed by atoms with van der Waals surface area (Å²) >= 11 is 0. The normalized spacial score (nSPS) is 21.6. The number of nitrogens with two attached hydrogens (primary N) is 1. The van der Waals surface area contributed by atoms with Gasteiger partial charge in [0.1, 0.15) is 0 Å². The Hall–Kier alpha value is -1.22. The number of sulfone groups is 1. The topological polar surface area (TPSA) is 106 Å². The summed E-state index contributed by atoms with van der Waals surface area (Å²) in [5.41, 5.74) is 6.25. The van der Waals surface area contributed by atoms with E-state index in [4.69, 9.17) is 5.73 Å². The predicted octanol–water partition coefficient (Wildman–Crippen LogP) is -0.266. The molecule has 1 aromatic rings. The molecule has 19 heavy (non-hydrogen) atoms. The zero-order valence-electron chi connectivity index (χ0n) is 9.98. The van der Waals surface area contributed by atoms with E-state index in [0.29, 0.717) is 6.54 Å². The fourth-order valence-electron chi connectivity index (χ4n) is 1.72. The average molecular weight is 302 g/mol.